The molecule has 1 N–H and O–H groups in total. The molecule has 2 aliphatic rings. The quantitative estimate of drug-likeness (QED) is 0.626. The number of carbonyl (C=O) groups is 2. The van der Waals surface area contributed by atoms with Crippen LogP contribution in [0.3, 0.4) is 0 Å². The lowest BCUT2D eigenvalue weighted by molar-refractivity contribution is -0.125. The molecule has 0 atom stereocenters. The van der Waals surface area contributed by atoms with Gasteiger partial charge in [-0.05, 0) is 42.3 Å². The number of ether oxygens (including phenoxy) is 2. The molecule has 2 aromatic rings. The minimum Gasteiger partial charge on any atom is -0.482 e. The molecule has 4 rings (SSSR count). The fraction of sp³-hybridized carbons (Fsp3) is 0.364. The van der Waals surface area contributed by atoms with Crippen molar-refractivity contribution in [3.63, 3.8) is 0 Å². The smallest absolute Gasteiger partial charge is 0.265 e. The summed E-state index contributed by atoms with van der Waals surface area (Å²) in [5, 5.41) is 3.43. The summed E-state index contributed by atoms with van der Waals surface area (Å²) in [6.07, 6.45) is 0.610. The van der Waals surface area contributed by atoms with E-state index in [-0.39, 0.29) is 42.7 Å². The maximum absolute atomic E-state index is 13.0. The largest absolute Gasteiger partial charge is 0.482 e. The van der Waals surface area contributed by atoms with E-state index in [0.29, 0.717) is 37.0 Å². The average molecular weight is 494 g/mol. The van der Waals surface area contributed by atoms with E-state index in [9.17, 15) is 18.0 Å². The van der Waals surface area contributed by atoms with Crippen LogP contribution in [-0.2, 0) is 30.8 Å². The number of benzene rings is 2. The zero-order valence-electron chi connectivity index (χ0n) is 17.8. The topological polar surface area (TPSA) is 105 Å². The molecule has 2 aliphatic heterocycles. The molecule has 1 saturated heterocycles. The summed E-state index contributed by atoms with van der Waals surface area (Å²) in [5.41, 5.74) is 1.28. The Labute approximate surface area is 197 Å². The van der Waals surface area contributed by atoms with Gasteiger partial charge in [0.1, 0.15) is 12.3 Å². The van der Waals surface area contributed by atoms with Crippen molar-refractivity contribution >= 4 is 39.1 Å². The standard InChI is InChI=1S/C22H24ClN3O6S/c23-17-3-1-16(2-4-17)7-8-24-21(27)14-26-19-13-18(5-6-20(19)32-15-22(26)28)33(29,30)25-9-11-31-12-10-25/h1-6,13H,7-12,14-15H2,(H,24,27). The SMILES string of the molecule is O=C(CN1C(=O)COc2ccc(S(=O)(=O)N3CCOCC3)cc21)NCCc1ccc(Cl)cc1. The highest BCUT2D eigenvalue weighted by Crippen LogP contribution is 2.35. The summed E-state index contributed by atoms with van der Waals surface area (Å²) in [6.45, 7) is 1.10. The van der Waals surface area contributed by atoms with Gasteiger partial charge < -0.3 is 14.8 Å². The fourth-order valence-corrected chi connectivity index (χ4v) is 5.20. The van der Waals surface area contributed by atoms with Crippen molar-refractivity contribution in [1.29, 1.82) is 0 Å². The number of hydrogen-bond acceptors (Lipinski definition) is 6. The number of anilines is 1. The van der Waals surface area contributed by atoms with Crippen molar-refractivity contribution in [2.24, 2.45) is 0 Å². The zero-order chi connectivity index (χ0) is 23.4. The molecule has 0 saturated carbocycles. The third-order valence-electron chi connectivity index (χ3n) is 5.43. The number of nitrogens with zero attached hydrogens (tertiary/aromatic N) is 2. The van der Waals surface area contributed by atoms with Gasteiger partial charge in [0.15, 0.2) is 6.61 Å². The normalized spacial score (nSPS) is 16.8. The van der Waals surface area contributed by atoms with Gasteiger partial charge in [-0.3, -0.25) is 14.5 Å². The first-order chi connectivity index (χ1) is 15.8. The van der Waals surface area contributed by atoms with Crippen LogP contribution in [0.5, 0.6) is 5.75 Å². The average Bonchev–Trinajstić information content (AvgIpc) is 2.82. The van der Waals surface area contributed by atoms with E-state index in [1.165, 1.54) is 27.4 Å². The monoisotopic (exact) mass is 493 g/mol. The van der Waals surface area contributed by atoms with Crippen molar-refractivity contribution in [1.82, 2.24) is 9.62 Å². The van der Waals surface area contributed by atoms with E-state index in [4.69, 9.17) is 21.1 Å². The van der Waals surface area contributed by atoms with Gasteiger partial charge in [-0.15, -0.1) is 0 Å². The minimum atomic E-state index is -3.76. The second kappa shape index (κ2) is 10.1. The molecule has 176 valence electrons. The predicted octanol–water partition coefficient (Wildman–Crippen LogP) is 1.45. The number of sulfonamides is 1. The Balaban J connectivity index is 1.46. The molecule has 33 heavy (non-hydrogen) atoms. The Morgan fingerprint density at radius 1 is 1.09 bits per heavy atom. The molecule has 1 fully saturated rings. The molecule has 0 bridgehead atoms. The van der Waals surface area contributed by atoms with Crippen LogP contribution in [0, 0.1) is 0 Å². The number of amides is 2. The van der Waals surface area contributed by atoms with Gasteiger partial charge in [0.05, 0.1) is 23.8 Å². The van der Waals surface area contributed by atoms with E-state index in [1.807, 2.05) is 12.1 Å². The van der Waals surface area contributed by atoms with Crippen molar-refractivity contribution in [3.8, 4) is 5.75 Å². The number of carbonyl (C=O) groups excluding carboxylic acids is 2. The van der Waals surface area contributed by atoms with Crippen molar-refractivity contribution in [2.75, 3.05) is 50.9 Å². The molecule has 11 heteroatoms. The second-order valence-electron chi connectivity index (χ2n) is 7.64. The first-order valence-electron chi connectivity index (χ1n) is 10.5. The third-order valence-corrected chi connectivity index (χ3v) is 7.58. The second-order valence-corrected chi connectivity index (χ2v) is 10.0. The van der Waals surface area contributed by atoms with E-state index in [2.05, 4.69) is 5.32 Å². The molecule has 2 aromatic carbocycles. The van der Waals surface area contributed by atoms with Crippen LogP contribution in [0.2, 0.25) is 5.02 Å². The lowest BCUT2D eigenvalue weighted by Crippen LogP contribution is -2.45. The molecular formula is C22H24ClN3O6S. The molecule has 9 nitrogen and oxygen atoms in total. The highest BCUT2D eigenvalue weighted by molar-refractivity contribution is 7.89. The van der Waals surface area contributed by atoms with Crippen LogP contribution in [-0.4, -0.2) is 70.5 Å². The van der Waals surface area contributed by atoms with Gasteiger partial charge in [-0.25, -0.2) is 8.42 Å². The van der Waals surface area contributed by atoms with Crippen molar-refractivity contribution in [2.45, 2.75) is 11.3 Å². The molecule has 0 radical (unpaired) electrons. The maximum Gasteiger partial charge on any atom is 0.265 e. The zero-order valence-corrected chi connectivity index (χ0v) is 19.4. The lowest BCUT2D eigenvalue weighted by atomic mass is 10.1. The summed E-state index contributed by atoms with van der Waals surface area (Å²) in [5.74, 6) is -0.424. The van der Waals surface area contributed by atoms with E-state index in [1.54, 1.807) is 12.1 Å². The Morgan fingerprint density at radius 3 is 2.55 bits per heavy atom. The van der Waals surface area contributed by atoms with Gasteiger partial charge in [0.2, 0.25) is 15.9 Å². The van der Waals surface area contributed by atoms with E-state index >= 15 is 0 Å². The molecule has 0 unspecified atom stereocenters. The molecule has 0 aliphatic carbocycles. The summed E-state index contributed by atoms with van der Waals surface area (Å²) in [6, 6.07) is 11.7. The third kappa shape index (κ3) is 5.47. The van der Waals surface area contributed by atoms with Crippen LogP contribution >= 0.6 is 11.6 Å². The number of halogens is 1. The number of nitrogens with one attached hydrogen (secondary N) is 1. The van der Waals surface area contributed by atoms with Crippen LogP contribution in [0.25, 0.3) is 0 Å². The summed E-state index contributed by atoms with van der Waals surface area (Å²) in [7, 11) is -3.76. The Bertz CT molecular complexity index is 1130. The number of hydrogen-bond donors (Lipinski definition) is 1. The summed E-state index contributed by atoms with van der Waals surface area (Å²) >= 11 is 5.88. The van der Waals surface area contributed by atoms with E-state index < -0.39 is 15.9 Å². The summed E-state index contributed by atoms with van der Waals surface area (Å²) < 4.78 is 38.1. The minimum absolute atomic E-state index is 0.0367. The molecule has 2 amide bonds. The van der Waals surface area contributed by atoms with Gasteiger partial charge >= 0.3 is 0 Å². The number of morpholine rings is 1. The van der Waals surface area contributed by atoms with Crippen molar-refractivity contribution < 1.29 is 27.5 Å². The molecular weight excluding hydrogens is 470 g/mol. The maximum atomic E-state index is 13.0. The molecule has 2 heterocycles. The first kappa shape index (κ1) is 23.5. The number of fused-ring (bicyclic) bond motifs is 1. The van der Waals surface area contributed by atoms with Crippen molar-refractivity contribution in [3.05, 3.63) is 53.1 Å². The van der Waals surface area contributed by atoms with Gasteiger partial charge in [-0.1, -0.05) is 23.7 Å². The first-order valence-corrected chi connectivity index (χ1v) is 12.3. The highest BCUT2D eigenvalue weighted by atomic mass is 35.5. The Morgan fingerprint density at radius 2 is 1.82 bits per heavy atom. The fourth-order valence-electron chi connectivity index (χ4n) is 3.65. The van der Waals surface area contributed by atoms with Crippen LogP contribution < -0.4 is 15.0 Å². The summed E-state index contributed by atoms with van der Waals surface area (Å²) in [4.78, 5) is 26.3. The van der Waals surface area contributed by atoms with Crippen LogP contribution in [0.15, 0.2) is 47.4 Å². The molecule has 0 aromatic heterocycles. The predicted molar refractivity (Wildman–Crippen MR) is 122 cm³/mol. The van der Waals surface area contributed by atoms with Crippen LogP contribution in [0.1, 0.15) is 5.56 Å². The molecule has 0 spiro atoms. The van der Waals surface area contributed by atoms with Gasteiger partial charge in [0.25, 0.3) is 5.91 Å². The van der Waals surface area contributed by atoms with Gasteiger partial charge in [0, 0.05) is 24.7 Å². The number of rotatable bonds is 7. The highest BCUT2D eigenvalue weighted by Gasteiger charge is 2.31. The van der Waals surface area contributed by atoms with E-state index in [0.717, 1.165) is 5.56 Å². The lowest BCUT2D eigenvalue weighted by Gasteiger charge is -2.30. The van der Waals surface area contributed by atoms with Crippen LogP contribution in [0.4, 0.5) is 5.69 Å². The Hall–Kier alpha value is -2.66. The van der Waals surface area contributed by atoms with Gasteiger partial charge in [-0.2, -0.15) is 4.31 Å². The Kier molecular flexibility index (Phi) is 7.18.